The van der Waals surface area contributed by atoms with E-state index < -0.39 is 5.97 Å². The number of nitrogens with one attached hydrogen (secondary N) is 3. The summed E-state index contributed by atoms with van der Waals surface area (Å²) in [6.07, 6.45) is 3.34. The lowest BCUT2D eigenvalue weighted by Crippen LogP contribution is -1.98. The highest BCUT2D eigenvalue weighted by atomic mass is 79.9. The van der Waals surface area contributed by atoms with Crippen LogP contribution < -0.4 is 5.32 Å². The lowest BCUT2D eigenvalue weighted by molar-refractivity contribution is 0.0691. The van der Waals surface area contributed by atoms with Crippen LogP contribution in [-0.4, -0.2) is 41.2 Å². The minimum Gasteiger partial charge on any atom is -0.477 e. The molecule has 0 radical (unpaired) electrons. The molecule has 0 saturated carbocycles. The molecule has 0 aliphatic heterocycles. The molecule has 0 amide bonds. The second kappa shape index (κ2) is 5.02. The highest BCUT2D eigenvalue weighted by Gasteiger charge is 2.14. The number of nitrogens with zero attached hydrogens (tertiary/aromatic N) is 4. The second-order valence-electron chi connectivity index (χ2n) is 4.74. The van der Waals surface area contributed by atoms with E-state index in [-0.39, 0.29) is 5.69 Å². The number of carbonyl (C=O) groups is 1. The summed E-state index contributed by atoms with van der Waals surface area (Å²) in [6.45, 7) is 0. The van der Waals surface area contributed by atoms with E-state index in [1.54, 1.807) is 12.4 Å². The summed E-state index contributed by atoms with van der Waals surface area (Å²) in [7, 11) is 0. The van der Waals surface area contributed by atoms with Crippen molar-refractivity contribution in [2.75, 3.05) is 5.32 Å². The van der Waals surface area contributed by atoms with Crippen LogP contribution in [0.15, 0.2) is 29.3 Å². The van der Waals surface area contributed by atoms with Gasteiger partial charge in [-0.3, -0.25) is 5.10 Å². The van der Waals surface area contributed by atoms with Crippen LogP contribution in [0.1, 0.15) is 10.5 Å². The minimum atomic E-state index is -1.07. The lowest BCUT2D eigenvalue weighted by atomic mass is 10.3. The zero-order valence-corrected chi connectivity index (χ0v) is 12.9. The van der Waals surface area contributed by atoms with Gasteiger partial charge in [-0.1, -0.05) is 0 Å². The Bertz CT molecular complexity index is 1060. The molecule has 0 aromatic carbocycles. The van der Waals surface area contributed by atoms with E-state index in [1.807, 2.05) is 6.07 Å². The maximum Gasteiger partial charge on any atom is 0.352 e. The molecule has 114 valence electrons. The van der Waals surface area contributed by atoms with Gasteiger partial charge in [-0.15, -0.1) is 0 Å². The van der Waals surface area contributed by atoms with Gasteiger partial charge in [0.05, 0.1) is 23.3 Å². The zero-order valence-electron chi connectivity index (χ0n) is 11.3. The molecule has 0 bridgehead atoms. The summed E-state index contributed by atoms with van der Waals surface area (Å²) >= 11 is 3.21. The van der Waals surface area contributed by atoms with Gasteiger partial charge in [-0.05, 0) is 28.1 Å². The van der Waals surface area contributed by atoms with Gasteiger partial charge >= 0.3 is 5.97 Å². The first-order chi connectivity index (χ1) is 11.1. The molecule has 4 aromatic heterocycles. The number of rotatable bonds is 3. The molecule has 0 saturated heterocycles. The number of halogens is 1. The van der Waals surface area contributed by atoms with Crippen LogP contribution in [-0.2, 0) is 0 Å². The lowest BCUT2D eigenvalue weighted by Gasteiger charge is -2.06. The van der Waals surface area contributed by atoms with Gasteiger partial charge in [0, 0.05) is 5.39 Å². The number of aromatic nitrogens is 6. The number of H-pyrrole nitrogens is 2. The Labute approximate surface area is 136 Å². The molecule has 4 rings (SSSR count). The number of pyridine rings is 1. The summed E-state index contributed by atoms with van der Waals surface area (Å²) in [5.74, 6) is -0.0622. The molecule has 0 aliphatic rings. The average molecular weight is 374 g/mol. The molecule has 10 heteroatoms. The highest BCUT2D eigenvalue weighted by Crippen LogP contribution is 2.26. The third-order valence-corrected chi connectivity index (χ3v) is 3.62. The van der Waals surface area contributed by atoms with Gasteiger partial charge in [0.2, 0.25) is 4.73 Å². The summed E-state index contributed by atoms with van der Waals surface area (Å²) < 4.78 is 0.329. The topological polar surface area (TPSA) is 132 Å². The van der Waals surface area contributed by atoms with Crippen molar-refractivity contribution in [1.82, 2.24) is 30.1 Å². The molecular formula is C13H8BrN7O2. The number of carboxylic acid groups (broad SMARTS) is 1. The molecule has 0 unspecified atom stereocenters. The Morgan fingerprint density at radius 3 is 2.96 bits per heavy atom. The number of hydrogen-bond donors (Lipinski definition) is 4. The molecule has 9 nitrogen and oxygen atoms in total. The van der Waals surface area contributed by atoms with Gasteiger partial charge in [-0.25, -0.2) is 19.7 Å². The molecule has 0 aliphatic carbocycles. The predicted molar refractivity (Wildman–Crippen MR) is 85.7 cm³/mol. The summed E-state index contributed by atoms with van der Waals surface area (Å²) in [5, 5.41) is 20.4. The Balaban J connectivity index is 1.81. The number of aromatic carboxylic acids is 1. The fourth-order valence-corrected chi connectivity index (χ4v) is 2.58. The normalized spacial score (nSPS) is 11.2. The highest BCUT2D eigenvalue weighted by molar-refractivity contribution is 9.10. The van der Waals surface area contributed by atoms with Gasteiger partial charge < -0.3 is 15.4 Å². The molecule has 4 aromatic rings. The van der Waals surface area contributed by atoms with Crippen LogP contribution in [0.5, 0.6) is 0 Å². The van der Waals surface area contributed by atoms with Crippen LogP contribution in [0.2, 0.25) is 0 Å². The molecule has 23 heavy (non-hydrogen) atoms. The van der Waals surface area contributed by atoms with Crippen LogP contribution in [0.4, 0.5) is 11.6 Å². The van der Waals surface area contributed by atoms with Gasteiger partial charge in [0.15, 0.2) is 0 Å². The van der Waals surface area contributed by atoms with E-state index in [1.165, 1.54) is 6.07 Å². The van der Waals surface area contributed by atoms with Crippen molar-refractivity contribution in [3.05, 3.63) is 35.0 Å². The summed E-state index contributed by atoms with van der Waals surface area (Å²) in [4.78, 5) is 26.5. The number of aromatic amines is 2. The molecule has 0 fully saturated rings. The minimum absolute atomic E-state index is 0.0358. The number of carboxylic acids is 1. The molecule has 0 spiro atoms. The van der Waals surface area contributed by atoms with Gasteiger partial charge in [0.25, 0.3) is 0 Å². The maximum absolute atomic E-state index is 11.1. The quantitative estimate of drug-likeness (QED) is 0.405. The van der Waals surface area contributed by atoms with E-state index in [4.69, 9.17) is 5.11 Å². The van der Waals surface area contributed by atoms with Crippen LogP contribution in [0.3, 0.4) is 0 Å². The second-order valence-corrected chi connectivity index (χ2v) is 5.45. The van der Waals surface area contributed by atoms with Crippen LogP contribution in [0.25, 0.3) is 21.9 Å². The Hall–Kier alpha value is -3.01. The van der Waals surface area contributed by atoms with Crippen molar-refractivity contribution >= 4 is 55.5 Å². The smallest absolute Gasteiger partial charge is 0.352 e. The van der Waals surface area contributed by atoms with E-state index in [0.717, 1.165) is 10.9 Å². The van der Waals surface area contributed by atoms with Crippen LogP contribution in [0, 0.1) is 0 Å². The van der Waals surface area contributed by atoms with Crippen molar-refractivity contribution < 1.29 is 9.90 Å². The van der Waals surface area contributed by atoms with E-state index >= 15 is 0 Å². The van der Waals surface area contributed by atoms with E-state index in [9.17, 15) is 4.79 Å². The first-order valence-corrected chi connectivity index (χ1v) is 7.25. The van der Waals surface area contributed by atoms with Crippen LogP contribution >= 0.6 is 15.9 Å². The fraction of sp³-hybridized carbons (Fsp3) is 0. The first kappa shape index (κ1) is 13.6. The fourth-order valence-electron chi connectivity index (χ4n) is 2.22. The third-order valence-electron chi connectivity index (χ3n) is 3.26. The SMILES string of the molecule is O=C(O)c1cc2c(Nc3cc4cn[nH]c4cn3)nc(Br)nc2[nH]1. The molecule has 0 atom stereocenters. The zero-order chi connectivity index (χ0) is 16.0. The van der Waals surface area contributed by atoms with Crippen molar-refractivity contribution in [3.63, 3.8) is 0 Å². The van der Waals surface area contributed by atoms with Gasteiger partial charge in [-0.2, -0.15) is 5.10 Å². The van der Waals surface area contributed by atoms with Gasteiger partial charge in [0.1, 0.15) is 23.0 Å². The standard InChI is InChI=1S/C13H8BrN7O2/c14-13-19-10-6(2-7(17-10)12(22)23)11(20-13)18-9-1-5-3-16-21-8(5)4-15-9/h1-4H,(H,16,21)(H,22,23)(H2,15,17,18,19,20). The van der Waals surface area contributed by atoms with Crippen molar-refractivity contribution in [2.24, 2.45) is 0 Å². The van der Waals surface area contributed by atoms with Crippen molar-refractivity contribution in [2.45, 2.75) is 0 Å². The Morgan fingerprint density at radius 1 is 1.26 bits per heavy atom. The average Bonchev–Trinajstić information content (AvgIpc) is 3.12. The molecular weight excluding hydrogens is 366 g/mol. The third kappa shape index (κ3) is 2.38. The maximum atomic E-state index is 11.1. The number of fused-ring (bicyclic) bond motifs is 2. The molecule has 4 heterocycles. The van der Waals surface area contributed by atoms with E-state index in [0.29, 0.717) is 27.4 Å². The van der Waals surface area contributed by atoms with Crippen molar-refractivity contribution in [3.8, 4) is 0 Å². The number of hydrogen-bond acceptors (Lipinski definition) is 6. The van der Waals surface area contributed by atoms with Crippen molar-refractivity contribution in [1.29, 1.82) is 0 Å². The number of anilines is 2. The van der Waals surface area contributed by atoms with E-state index in [2.05, 4.69) is 51.4 Å². The first-order valence-electron chi connectivity index (χ1n) is 6.46. The Morgan fingerprint density at radius 2 is 2.13 bits per heavy atom. The molecule has 4 N–H and O–H groups in total. The monoisotopic (exact) mass is 373 g/mol. The predicted octanol–water partition coefficient (Wildman–Crippen LogP) is 2.43. The summed E-state index contributed by atoms with van der Waals surface area (Å²) in [6, 6.07) is 3.29. The largest absolute Gasteiger partial charge is 0.477 e. The Kier molecular flexibility index (Phi) is 2.98. The summed E-state index contributed by atoms with van der Waals surface area (Å²) in [5.41, 5.74) is 1.27.